The summed E-state index contributed by atoms with van der Waals surface area (Å²) in [6.07, 6.45) is 5.99. The molecule has 2 aromatic rings. The Balaban J connectivity index is 1.95. The van der Waals surface area contributed by atoms with E-state index in [1.54, 1.807) is 31.5 Å². The van der Waals surface area contributed by atoms with Crippen LogP contribution in [0.3, 0.4) is 0 Å². The van der Waals surface area contributed by atoms with Crippen molar-refractivity contribution in [2.75, 3.05) is 29.0 Å². The number of nitrogens with zero attached hydrogens (tertiary/aromatic N) is 3. The number of pyridine rings is 2. The van der Waals surface area contributed by atoms with Gasteiger partial charge in [-0.15, -0.1) is 0 Å². The molecule has 2 rings (SSSR count). The number of sulfonamides is 1. The first-order valence-corrected chi connectivity index (χ1v) is 8.72. The summed E-state index contributed by atoms with van der Waals surface area (Å²) in [6.45, 7) is 2.41. The first kappa shape index (κ1) is 16.2. The van der Waals surface area contributed by atoms with E-state index in [9.17, 15) is 8.42 Å². The number of aromatic nitrogens is 2. The van der Waals surface area contributed by atoms with Crippen LogP contribution in [0.15, 0.2) is 42.9 Å². The van der Waals surface area contributed by atoms with E-state index in [-0.39, 0.29) is 5.75 Å². The van der Waals surface area contributed by atoms with E-state index in [1.807, 2.05) is 24.1 Å². The highest BCUT2D eigenvalue weighted by atomic mass is 32.2. The Bertz CT molecular complexity index is 687. The number of hydrogen-bond acceptors (Lipinski definition) is 5. The largest absolute Gasteiger partial charge is 0.359 e. The molecule has 0 aliphatic carbocycles. The van der Waals surface area contributed by atoms with Crippen LogP contribution < -0.4 is 9.62 Å². The Morgan fingerprint density at radius 1 is 1.18 bits per heavy atom. The number of rotatable bonds is 7. The zero-order valence-electron chi connectivity index (χ0n) is 12.7. The maximum atomic E-state index is 11.5. The van der Waals surface area contributed by atoms with Crippen LogP contribution in [0.4, 0.5) is 11.5 Å². The number of likely N-dealkylation sites (N-methyl/N-ethyl adjacent to an activating group) is 1. The molecule has 0 spiro atoms. The Kier molecular flexibility index (Phi) is 5.32. The average molecular weight is 320 g/mol. The van der Waals surface area contributed by atoms with Crippen molar-refractivity contribution in [1.82, 2.24) is 9.97 Å². The number of hydrogen-bond donors (Lipinski definition) is 1. The van der Waals surface area contributed by atoms with Gasteiger partial charge in [0.1, 0.15) is 5.82 Å². The normalized spacial score (nSPS) is 11.2. The summed E-state index contributed by atoms with van der Waals surface area (Å²) in [5, 5.41) is 0. The Morgan fingerprint density at radius 3 is 2.50 bits per heavy atom. The van der Waals surface area contributed by atoms with Gasteiger partial charge in [-0.3, -0.25) is 9.71 Å². The molecule has 2 heterocycles. The molecule has 0 aliphatic heterocycles. The molecule has 0 atom stereocenters. The highest BCUT2D eigenvalue weighted by Crippen LogP contribution is 2.14. The van der Waals surface area contributed by atoms with Crippen LogP contribution in [0.25, 0.3) is 0 Å². The Morgan fingerprint density at radius 2 is 1.91 bits per heavy atom. The van der Waals surface area contributed by atoms with Gasteiger partial charge in [-0.05, 0) is 43.2 Å². The summed E-state index contributed by atoms with van der Waals surface area (Å²) in [5.74, 6) is 0.842. The lowest BCUT2D eigenvalue weighted by molar-refractivity contribution is 0.602. The molecule has 0 amide bonds. The molecule has 0 unspecified atom stereocenters. The van der Waals surface area contributed by atoms with Crippen LogP contribution in [0.1, 0.15) is 12.5 Å². The second-order valence-corrected chi connectivity index (χ2v) is 6.95. The molecule has 0 saturated heterocycles. The van der Waals surface area contributed by atoms with Crippen molar-refractivity contribution < 1.29 is 8.42 Å². The fraction of sp³-hybridized carbons (Fsp3) is 0.333. The Labute approximate surface area is 131 Å². The summed E-state index contributed by atoms with van der Waals surface area (Å²) < 4.78 is 25.5. The highest BCUT2D eigenvalue weighted by Gasteiger charge is 2.08. The molecule has 7 heteroatoms. The van der Waals surface area contributed by atoms with Gasteiger partial charge in [-0.2, -0.15) is 0 Å². The molecule has 0 aliphatic rings. The maximum absolute atomic E-state index is 11.5. The summed E-state index contributed by atoms with van der Waals surface area (Å²) in [4.78, 5) is 10.3. The van der Waals surface area contributed by atoms with Gasteiger partial charge in [0.05, 0.1) is 17.6 Å². The lowest BCUT2D eigenvalue weighted by Gasteiger charge is -2.18. The van der Waals surface area contributed by atoms with Crippen molar-refractivity contribution in [3.05, 3.63) is 48.4 Å². The molecule has 0 radical (unpaired) electrons. The zero-order chi connectivity index (χ0) is 16.0. The molecule has 118 valence electrons. The molecule has 2 aromatic heterocycles. The van der Waals surface area contributed by atoms with Gasteiger partial charge >= 0.3 is 0 Å². The fourth-order valence-corrected chi connectivity index (χ4v) is 2.51. The maximum Gasteiger partial charge on any atom is 0.232 e. The third-order valence-electron chi connectivity index (χ3n) is 3.28. The quantitative estimate of drug-likeness (QED) is 0.843. The van der Waals surface area contributed by atoms with Crippen LogP contribution in [0, 0.1) is 0 Å². The van der Waals surface area contributed by atoms with E-state index in [4.69, 9.17) is 0 Å². The standard InChI is InChI=1S/C15H20N4O2S/c1-3-22(20,21)18-14-4-5-15(17-12-14)19(2)11-8-13-6-9-16-10-7-13/h4-7,9-10,12,18H,3,8,11H2,1-2H3. The summed E-state index contributed by atoms with van der Waals surface area (Å²) in [5.41, 5.74) is 1.70. The fourth-order valence-electron chi connectivity index (χ4n) is 1.88. The van der Waals surface area contributed by atoms with Crippen LogP contribution >= 0.6 is 0 Å². The lowest BCUT2D eigenvalue weighted by Crippen LogP contribution is -2.21. The van der Waals surface area contributed by atoms with Gasteiger partial charge in [0.2, 0.25) is 10.0 Å². The Hall–Kier alpha value is -2.15. The summed E-state index contributed by atoms with van der Waals surface area (Å²) in [6, 6.07) is 7.51. The predicted octanol–water partition coefficient (Wildman–Crippen LogP) is 1.92. The minimum absolute atomic E-state index is 0.0422. The van der Waals surface area contributed by atoms with Crippen molar-refractivity contribution in [2.45, 2.75) is 13.3 Å². The second-order valence-electron chi connectivity index (χ2n) is 4.94. The van der Waals surface area contributed by atoms with Crippen molar-refractivity contribution in [3.8, 4) is 0 Å². The van der Waals surface area contributed by atoms with Gasteiger partial charge in [0.25, 0.3) is 0 Å². The van der Waals surface area contributed by atoms with Crippen molar-refractivity contribution in [2.24, 2.45) is 0 Å². The van der Waals surface area contributed by atoms with E-state index in [2.05, 4.69) is 14.7 Å². The lowest BCUT2D eigenvalue weighted by atomic mass is 10.2. The zero-order valence-corrected chi connectivity index (χ0v) is 13.5. The monoisotopic (exact) mass is 320 g/mol. The third-order valence-corrected chi connectivity index (χ3v) is 4.58. The summed E-state index contributed by atoms with van der Waals surface area (Å²) >= 11 is 0. The highest BCUT2D eigenvalue weighted by molar-refractivity contribution is 7.92. The summed E-state index contributed by atoms with van der Waals surface area (Å²) in [7, 11) is -1.30. The van der Waals surface area contributed by atoms with Crippen LogP contribution in [0.2, 0.25) is 0 Å². The van der Waals surface area contributed by atoms with Crippen LogP contribution in [-0.2, 0) is 16.4 Å². The predicted molar refractivity (Wildman–Crippen MR) is 88.5 cm³/mol. The molecule has 0 aromatic carbocycles. The van der Waals surface area contributed by atoms with E-state index >= 15 is 0 Å². The molecule has 1 N–H and O–H groups in total. The van der Waals surface area contributed by atoms with Crippen molar-refractivity contribution >= 4 is 21.5 Å². The average Bonchev–Trinajstić information content (AvgIpc) is 2.54. The van der Waals surface area contributed by atoms with E-state index in [1.165, 1.54) is 11.8 Å². The SMILES string of the molecule is CCS(=O)(=O)Nc1ccc(N(C)CCc2ccncc2)nc1. The van der Waals surface area contributed by atoms with Crippen molar-refractivity contribution in [1.29, 1.82) is 0 Å². The first-order valence-electron chi connectivity index (χ1n) is 7.07. The third kappa shape index (κ3) is 4.70. The van der Waals surface area contributed by atoms with Gasteiger partial charge in [-0.25, -0.2) is 13.4 Å². The van der Waals surface area contributed by atoms with Gasteiger partial charge in [0.15, 0.2) is 0 Å². The van der Waals surface area contributed by atoms with Gasteiger partial charge < -0.3 is 4.90 Å². The first-order chi connectivity index (χ1) is 10.5. The van der Waals surface area contributed by atoms with Crippen molar-refractivity contribution in [3.63, 3.8) is 0 Å². The topological polar surface area (TPSA) is 75.2 Å². The molecule has 6 nitrogen and oxygen atoms in total. The molecule has 0 fully saturated rings. The molecule has 0 saturated carbocycles. The number of anilines is 2. The minimum atomic E-state index is -3.26. The number of nitrogens with one attached hydrogen (secondary N) is 1. The van der Waals surface area contributed by atoms with Gasteiger partial charge in [-0.1, -0.05) is 0 Å². The smallest absolute Gasteiger partial charge is 0.232 e. The molecular formula is C15H20N4O2S. The minimum Gasteiger partial charge on any atom is -0.359 e. The van der Waals surface area contributed by atoms with E-state index in [0.29, 0.717) is 5.69 Å². The van der Waals surface area contributed by atoms with E-state index in [0.717, 1.165) is 18.8 Å². The van der Waals surface area contributed by atoms with Crippen LogP contribution in [-0.4, -0.2) is 37.7 Å². The molecule has 0 bridgehead atoms. The van der Waals surface area contributed by atoms with E-state index < -0.39 is 10.0 Å². The molecular weight excluding hydrogens is 300 g/mol. The second kappa shape index (κ2) is 7.22. The van der Waals surface area contributed by atoms with Crippen LogP contribution in [0.5, 0.6) is 0 Å². The molecule has 22 heavy (non-hydrogen) atoms. The van der Waals surface area contributed by atoms with Gasteiger partial charge in [0, 0.05) is 26.0 Å².